The summed E-state index contributed by atoms with van der Waals surface area (Å²) in [4.78, 5) is 10.0. The zero-order chi connectivity index (χ0) is 32.7. The molecule has 0 radical (unpaired) electrons. The van der Waals surface area contributed by atoms with Crippen LogP contribution in [0.15, 0.2) is 168 Å². The Bertz CT molecular complexity index is 2660. The normalized spacial score (nSPS) is 11.2. The van der Waals surface area contributed by atoms with Gasteiger partial charge in [0.2, 0.25) is 0 Å². The van der Waals surface area contributed by atoms with Gasteiger partial charge in [0, 0.05) is 32.8 Å². The van der Waals surface area contributed by atoms with Crippen molar-refractivity contribution in [2.24, 2.45) is 0 Å². The Hall–Kier alpha value is -6.83. The van der Waals surface area contributed by atoms with E-state index in [4.69, 9.17) is 14.4 Å². The Morgan fingerprint density at radius 1 is 0.449 bits per heavy atom. The Kier molecular flexibility index (Phi) is 6.81. The third-order valence-electron chi connectivity index (χ3n) is 9.12. The first-order valence-electron chi connectivity index (χ1n) is 16.2. The Labute approximate surface area is 283 Å². The van der Waals surface area contributed by atoms with Gasteiger partial charge < -0.3 is 4.42 Å². The van der Waals surface area contributed by atoms with Crippen molar-refractivity contribution < 1.29 is 4.42 Å². The van der Waals surface area contributed by atoms with E-state index in [1.54, 1.807) is 0 Å². The van der Waals surface area contributed by atoms with Crippen LogP contribution in [0.25, 0.3) is 88.9 Å². The fourth-order valence-electron chi connectivity index (χ4n) is 6.77. The molecule has 9 rings (SSSR count). The second-order valence-electron chi connectivity index (χ2n) is 12.1. The molecule has 228 valence electrons. The van der Waals surface area contributed by atoms with Gasteiger partial charge in [-0.25, -0.2) is 9.97 Å². The monoisotopic (exact) mass is 625 g/mol. The molecule has 0 fully saturated rings. The highest BCUT2D eigenvalue weighted by atomic mass is 16.3. The van der Waals surface area contributed by atoms with Gasteiger partial charge in [0.1, 0.15) is 11.2 Å². The average Bonchev–Trinajstić information content (AvgIpc) is 3.57. The van der Waals surface area contributed by atoms with Crippen molar-refractivity contribution in [1.82, 2.24) is 9.97 Å². The third-order valence-corrected chi connectivity index (χ3v) is 9.12. The van der Waals surface area contributed by atoms with Crippen molar-refractivity contribution in [2.75, 3.05) is 0 Å². The summed E-state index contributed by atoms with van der Waals surface area (Å²) in [6.45, 7) is 0. The van der Waals surface area contributed by atoms with Crippen LogP contribution in [-0.2, 0) is 0 Å². The van der Waals surface area contributed by atoms with Gasteiger partial charge in [-0.2, -0.15) is 5.26 Å². The van der Waals surface area contributed by atoms with Crippen LogP contribution in [-0.4, -0.2) is 9.97 Å². The molecule has 0 amide bonds. The summed E-state index contributed by atoms with van der Waals surface area (Å²) in [5.74, 6) is 0.693. The van der Waals surface area contributed by atoms with E-state index in [1.807, 2.05) is 72.8 Å². The van der Waals surface area contributed by atoms with Gasteiger partial charge in [-0.15, -0.1) is 0 Å². The third kappa shape index (κ3) is 5.02. The lowest BCUT2D eigenvalue weighted by Crippen LogP contribution is -1.96. The number of fused-ring (bicyclic) bond motifs is 5. The summed E-state index contributed by atoms with van der Waals surface area (Å²) in [5, 5.41) is 13.8. The zero-order valence-electron chi connectivity index (χ0n) is 26.3. The molecule has 0 bridgehead atoms. The van der Waals surface area contributed by atoms with Crippen LogP contribution in [0.1, 0.15) is 5.56 Å². The largest absolute Gasteiger partial charge is 0.455 e. The molecule has 2 heterocycles. The number of nitrogens with zero attached hydrogens (tertiary/aromatic N) is 3. The van der Waals surface area contributed by atoms with Crippen LogP contribution in [0.2, 0.25) is 0 Å². The molecular formula is C45H27N3O. The minimum Gasteiger partial charge on any atom is -0.455 e. The van der Waals surface area contributed by atoms with E-state index >= 15 is 0 Å². The molecule has 49 heavy (non-hydrogen) atoms. The molecular weight excluding hydrogens is 599 g/mol. The molecule has 0 aliphatic heterocycles. The Balaban J connectivity index is 1.18. The van der Waals surface area contributed by atoms with Crippen LogP contribution in [0.4, 0.5) is 0 Å². The maximum absolute atomic E-state index is 9.93. The molecule has 0 spiro atoms. The minimum atomic E-state index is 0.610. The van der Waals surface area contributed by atoms with Crippen LogP contribution >= 0.6 is 0 Å². The van der Waals surface area contributed by atoms with Crippen molar-refractivity contribution >= 4 is 32.7 Å². The van der Waals surface area contributed by atoms with Gasteiger partial charge >= 0.3 is 0 Å². The van der Waals surface area contributed by atoms with Crippen LogP contribution < -0.4 is 0 Å². The number of aromatic nitrogens is 2. The second kappa shape index (κ2) is 11.8. The van der Waals surface area contributed by atoms with E-state index in [0.29, 0.717) is 11.4 Å². The van der Waals surface area contributed by atoms with Gasteiger partial charge in [0.25, 0.3) is 0 Å². The molecule has 4 nitrogen and oxygen atoms in total. The molecule has 7 aromatic carbocycles. The summed E-state index contributed by atoms with van der Waals surface area (Å²) in [5.41, 5.74) is 11.3. The molecule has 0 unspecified atom stereocenters. The maximum Gasteiger partial charge on any atom is 0.160 e. The second-order valence-corrected chi connectivity index (χ2v) is 12.1. The molecule has 0 atom stereocenters. The topological polar surface area (TPSA) is 62.7 Å². The van der Waals surface area contributed by atoms with Crippen LogP contribution in [0, 0.1) is 11.3 Å². The Morgan fingerprint density at radius 2 is 1.02 bits per heavy atom. The van der Waals surface area contributed by atoms with Crippen molar-refractivity contribution in [2.45, 2.75) is 0 Å². The number of hydrogen-bond donors (Lipinski definition) is 0. The molecule has 0 saturated carbocycles. The first-order chi connectivity index (χ1) is 24.2. The number of nitriles is 1. The highest BCUT2D eigenvalue weighted by molar-refractivity contribution is 6.20. The first-order valence-corrected chi connectivity index (χ1v) is 16.2. The van der Waals surface area contributed by atoms with E-state index in [1.165, 1.54) is 0 Å². The highest BCUT2D eigenvalue weighted by Gasteiger charge is 2.17. The van der Waals surface area contributed by atoms with E-state index in [-0.39, 0.29) is 0 Å². The molecule has 0 aliphatic carbocycles. The number of rotatable bonds is 5. The summed E-state index contributed by atoms with van der Waals surface area (Å²) in [6, 6.07) is 58.2. The number of hydrogen-bond acceptors (Lipinski definition) is 4. The van der Waals surface area contributed by atoms with Crippen LogP contribution in [0.5, 0.6) is 0 Å². The fraction of sp³-hybridized carbons (Fsp3) is 0. The summed E-state index contributed by atoms with van der Waals surface area (Å²) in [6.07, 6.45) is 0. The smallest absolute Gasteiger partial charge is 0.160 e. The minimum absolute atomic E-state index is 0.610. The summed E-state index contributed by atoms with van der Waals surface area (Å²) >= 11 is 0. The molecule has 9 aromatic rings. The quantitative estimate of drug-likeness (QED) is 0.191. The predicted molar refractivity (Wildman–Crippen MR) is 199 cm³/mol. The van der Waals surface area contributed by atoms with Crippen molar-refractivity contribution in [3.05, 3.63) is 169 Å². The maximum atomic E-state index is 9.93. The highest BCUT2D eigenvalue weighted by Crippen LogP contribution is 2.41. The molecule has 0 aliphatic rings. The fourth-order valence-corrected chi connectivity index (χ4v) is 6.77. The van der Waals surface area contributed by atoms with Gasteiger partial charge in [0.05, 0.1) is 23.0 Å². The van der Waals surface area contributed by atoms with Gasteiger partial charge in [-0.3, -0.25) is 0 Å². The van der Waals surface area contributed by atoms with Gasteiger partial charge in [-0.05, 0) is 64.0 Å². The van der Waals surface area contributed by atoms with Crippen molar-refractivity contribution in [3.8, 4) is 62.2 Å². The SMILES string of the molecule is N#Cc1cccc2oc3c4ccccc4c(-c4cccc(-c5cccc(-c6cc(-c7ccccc7)nc(-c7ccccc7)n6)c5)c4)cc3c12. The Morgan fingerprint density at radius 3 is 1.76 bits per heavy atom. The zero-order valence-corrected chi connectivity index (χ0v) is 26.3. The molecule has 4 heteroatoms. The molecule has 0 saturated heterocycles. The lowest BCUT2D eigenvalue weighted by molar-refractivity contribution is 0.672. The molecule has 0 N–H and O–H groups in total. The van der Waals surface area contributed by atoms with Gasteiger partial charge in [-0.1, -0.05) is 127 Å². The van der Waals surface area contributed by atoms with Crippen LogP contribution in [0.3, 0.4) is 0 Å². The standard InChI is InChI=1S/C45H27N3O/c46-28-35-20-11-23-42-43(35)39-26-38(36-21-7-8-22-37(36)44(39)49-42)33-18-9-16-31(24-33)32-17-10-19-34(25-32)41-27-40(29-12-3-1-4-13-29)47-45(48-41)30-14-5-2-6-15-30/h1-27H. The van der Waals surface area contributed by atoms with E-state index in [2.05, 4.69) is 97.1 Å². The first kappa shape index (κ1) is 28.4. The summed E-state index contributed by atoms with van der Waals surface area (Å²) in [7, 11) is 0. The lowest BCUT2D eigenvalue weighted by atomic mass is 9.92. The predicted octanol–water partition coefficient (Wildman–Crippen LogP) is 11.7. The molecule has 2 aromatic heterocycles. The van der Waals surface area contributed by atoms with Crippen molar-refractivity contribution in [1.29, 1.82) is 5.26 Å². The number of furan rings is 1. The van der Waals surface area contributed by atoms with E-state index < -0.39 is 0 Å². The van der Waals surface area contributed by atoms with E-state index in [0.717, 1.165) is 83.0 Å². The summed E-state index contributed by atoms with van der Waals surface area (Å²) < 4.78 is 6.36. The van der Waals surface area contributed by atoms with E-state index in [9.17, 15) is 5.26 Å². The lowest BCUT2D eigenvalue weighted by Gasteiger charge is -2.12. The average molecular weight is 626 g/mol. The van der Waals surface area contributed by atoms with Crippen molar-refractivity contribution in [3.63, 3.8) is 0 Å². The number of benzene rings is 7. The van der Waals surface area contributed by atoms with Gasteiger partial charge in [0.15, 0.2) is 5.82 Å².